The van der Waals surface area contributed by atoms with E-state index in [-0.39, 0.29) is 11.6 Å². The van der Waals surface area contributed by atoms with Crippen LogP contribution >= 0.6 is 11.8 Å². The second-order valence-electron chi connectivity index (χ2n) is 5.52. The monoisotopic (exact) mass is 354 g/mol. The first-order chi connectivity index (χ1) is 12.1. The average molecular weight is 354 g/mol. The van der Waals surface area contributed by atoms with Crippen LogP contribution in [-0.2, 0) is 11.3 Å². The molecule has 128 valence electrons. The van der Waals surface area contributed by atoms with Crippen molar-refractivity contribution in [2.45, 2.75) is 23.9 Å². The third-order valence-corrected chi connectivity index (χ3v) is 4.79. The predicted molar refractivity (Wildman–Crippen MR) is 101 cm³/mol. The number of thioether (sulfide) groups is 1. The van der Waals surface area contributed by atoms with Crippen molar-refractivity contribution in [1.82, 2.24) is 14.8 Å². The minimum atomic E-state index is -0.412. The molecule has 0 aliphatic heterocycles. The lowest BCUT2D eigenvalue weighted by Gasteiger charge is -2.12. The van der Waals surface area contributed by atoms with Crippen molar-refractivity contribution >= 4 is 34.1 Å². The summed E-state index contributed by atoms with van der Waals surface area (Å²) < 4.78 is 1.44. The van der Waals surface area contributed by atoms with Crippen LogP contribution in [0.5, 0.6) is 0 Å². The predicted octanol–water partition coefficient (Wildman–Crippen LogP) is 3.03. The number of amides is 1. The first-order valence-electron chi connectivity index (χ1n) is 7.81. The number of hydrogen-bond donors (Lipinski definition) is 2. The second kappa shape index (κ2) is 7.40. The fraction of sp³-hybridized carbons (Fsp3) is 0.167. The standard InChI is InChI=1S/C18H18N4O2S/c1-3-10-22-17(24)20-21-18(22)25-12(2)16(23)19-15-9-8-13-6-4-5-7-14(13)11-15/h3-9,11-12H,1,10H2,2H3,(H,19,23)(H,20,24)/t12-/m1/s1. The van der Waals surface area contributed by atoms with E-state index in [1.54, 1.807) is 13.0 Å². The topological polar surface area (TPSA) is 79.8 Å². The molecular formula is C18H18N4O2S. The summed E-state index contributed by atoms with van der Waals surface area (Å²) >= 11 is 1.22. The van der Waals surface area contributed by atoms with Gasteiger partial charge >= 0.3 is 5.69 Å². The lowest BCUT2D eigenvalue weighted by Crippen LogP contribution is -2.23. The van der Waals surface area contributed by atoms with Gasteiger partial charge in [-0.05, 0) is 29.8 Å². The number of nitrogens with zero attached hydrogens (tertiary/aromatic N) is 2. The normalized spacial score (nSPS) is 12.0. The maximum absolute atomic E-state index is 12.5. The fourth-order valence-electron chi connectivity index (χ4n) is 2.41. The highest BCUT2D eigenvalue weighted by Crippen LogP contribution is 2.23. The molecule has 1 atom stereocenters. The first kappa shape index (κ1) is 17.0. The van der Waals surface area contributed by atoms with E-state index in [2.05, 4.69) is 22.1 Å². The molecule has 0 fully saturated rings. The molecule has 0 aliphatic rings. The Bertz CT molecular complexity index is 976. The molecule has 0 spiro atoms. The maximum Gasteiger partial charge on any atom is 0.344 e. The van der Waals surface area contributed by atoms with Crippen LogP contribution in [0.3, 0.4) is 0 Å². The number of anilines is 1. The summed E-state index contributed by atoms with van der Waals surface area (Å²) in [5.74, 6) is -0.152. The van der Waals surface area contributed by atoms with Gasteiger partial charge < -0.3 is 5.32 Å². The van der Waals surface area contributed by atoms with Gasteiger partial charge in [-0.2, -0.15) is 0 Å². The Morgan fingerprint density at radius 3 is 2.88 bits per heavy atom. The number of carbonyl (C=O) groups excluding carboxylic acids is 1. The van der Waals surface area contributed by atoms with Gasteiger partial charge in [0, 0.05) is 12.2 Å². The number of H-pyrrole nitrogens is 1. The van der Waals surface area contributed by atoms with Gasteiger partial charge in [0.25, 0.3) is 0 Å². The number of carbonyl (C=O) groups is 1. The van der Waals surface area contributed by atoms with Crippen LogP contribution in [0.4, 0.5) is 5.69 Å². The Morgan fingerprint density at radius 1 is 1.36 bits per heavy atom. The Morgan fingerprint density at radius 2 is 2.12 bits per heavy atom. The molecule has 1 amide bonds. The smallest absolute Gasteiger partial charge is 0.325 e. The third kappa shape index (κ3) is 3.83. The maximum atomic E-state index is 12.5. The molecule has 0 unspecified atom stereocenters. The van der Waals surface area contributed by atoms with Crippen molar-refractivity contribution in [1.29, 1.82) is 0 Å². The number of benzene rings is 2. The van der Waals surface area contributed by atoms with Crippen LogP contribution < -0.4 is 11.0 Å². The molecule has 6 nitrogen and oxygen atoms in total. The highest BCUT2D eigenvalue weighted by atomic mass is 32.2. The van der Waals surface area contributed by atoms with E-state index in [9.17, 15) is 9.59 Å². The van der Waals surface area contributed by atoms with Crippen LogP contribution in [0.25, 0.3) is 10.8 Å². The average Bonchev–Trinajstić information content (AvgIpc) is 2.95. The van der Waals surface area contributed by atoms with Gasteiger partial charge in [-0.25, -0.2) is 9.89 Å². The van der Waals surface area contributed by atoms with Crippen LogP contribution in [0.2, 0.25) is 0 Å². The molecular weight excluding hydrogens is 336 g/mol. The number of rotatable bonds is 6. The number of nitrogens with one attached hydrogen (secondary N) is 2. The number of aromatic nitrogens is 3. The summed E-state index contributed by atoms with van der Waals surface area (Å²) in [6.45, 7) is 5.74. The van der Waals surface area contributed by atoms with Gasteiger partial charge in [-0.15, -0.1) is 11.7 Å². The van der Waals surface area contributed by atoms with E-state index >= 15 is 0 Å². The van der Waals surface area contributed by atoms with Gasteiger partial charge in [0.2, 0.25) is 5.91 Å². The SMILES string of the molecule is C=CCn1c(S[C@H](C)C(=O)Nc2ccc3ccccc3c2)n[nH]c1=O. The van der Waals surface area contributed by atoms with Crippen LogP contribution in [0.1, 0.15) is 6.92 Å². The number of hydrogen-bond acceptors (Lipinski definition) is 4. The van der Waals surface area contributed by atoms with Crippen molar-refractivity contribution in [2.24, 2.45) is 0 Å². The molecule has 1 heterocycles. The Kier molecular flexibility index (Phi) is 5.04. The molecule has 0 saturated heterocycles. The summed E-state index contributed by atoms with van der Waals surface area (Å²) in [4.78, 5) is 24.1. The third-order valence-electron chi connectivity index (χ3n) is 3.70. The largest absolute Gasteiger partial charge is 0.344 e. The number of aromatic amines is 1. The number of allylic oxidation sites excluding steroid dienone is 1. The van der Waals surface area contributed by atoms with Gasteiger partial charge in [0.1, 0.15) is 0 Å². The lowest BCUT2D eigenvalue weighted by atomic mass is 10.1. The summed E-state index contributed by atoms with van der Waals surface area (Å²) in [7, 11) is 0. The van der Waals surface area contributed by atoms with Crippen LogP contribution in [0.15, 0.2) is 65.1 Å². The quantitative estimate of drug-likeness (QED) is 0.527. The van der Waals surface area contributed by atoms with Gasteiger partial charge in [0.15, 0.2) is 5.16 Å². The summed E-state index contributed by atoms with van der Waals surface area (Å²) in [5, 5.41) is 11.5. The Balaban J connectivity index is 1.71. The van der Waals surface area contributed by atoms with E-state index < -0.39 is 5.25 Å². The molecule has 2 N–H and O–H groups in total. The molecule has 0 bridgehead atoms. The van der Waals surface area contributed by atoms with Gasteiger partial charge in [-0.3, -0.25) is 9.36 Å². The first-order valence-corrected chi connectivity index (χ1v) is 8.69. The van der Waals surface area contributed by atoms with Crippen molar-refractivity contribution in [3.05, 3.63) is 65.6 Å². The van der Waals surface area contributed by atoms with Crippen molar-refractivity contribution < 1.29 is 4.79 Å². The van der Waals surface area contributed by atoms with E-state index in [4.69, 9.17) is 0 Å². The summed E-state index contributed by atoms with van der Waals surface area (Å²) in [6, 6.07) is 13.7. The zero-order valence-corrected chi connectivity index (χ0v) is 14.5. The molecule has 3 aromatic rings. The van der Waals surface area contributed by atoms with Gasteiger partial charge in [-0.1, -0.05) is 48.2 Å². The van der Waals surface area contributed by atoms with Crippen molar-refractivity contribution in [3.63, 3.8) is 0 Å². The highest BCUT2D eigenvalue weighted by Gasteiger charge is 2.19. The second-order valence-corrected chi connectivity index (χ2v) is 6.83. The molecule has 0 saturated carbocycles. The molecule has 0 aliphatic carbocycles. The van der Waals surface area contributed by atoms with E-state index in [1.165, 1.54) is 16.3 Å². The summed E-state index contributed by atoms with van der Waals surface area (Å²) in [5.41, 5.74) is 0.422. The Hall–Kier alpha value is -2.80. The molecule has 25 heavy (non-hydrogen) atoms. The summed E-state index contributed by atoms with van der Waals surface area (Å²) in [6.07, 6.45) is 1.61. The van der Waals surface area contributed by atoms with Crippen molar-refractivity contribution in [3.8, 4) is 0 Å². The van der Waals surface area contributed by atoms with Crippen LogP contribution in [0, 0.1) is 0 Å². The minimum absolute atomic E-state index is 0.152. The lowest BCUT2D eigenvalue weighted by molar-refractivity contribution is -0.115. The minimum Gasteiger partial charge on any atom is -0.325 e. The zero-order chi connectivity index (χ0) is 17.8. The highest BCUT2D eigenvalue weighted by molar-refractivity contribution is 8.00. The Labute approximate surface area is 148 Å². The fourth-order valence-corrected chi connectivity index (χ4v) is 3.27. The molecule has 3 rings (SSSR count). The van der Waals surface area contributed by atoms with Crippen LogP contribution in [-0.4, -0.2) is 25.9 Å². The van der Waals surface area contributed by atoms with Gasteiger partial charge in [0.05, 0.1) is 5.25 Å². The van der Waals surface area contributed by atoms with E-state index in [1.807, 2.05) is 42.5 Å². The molecule has 1 aromatic heterocycles. The molecule has 2 aromatic carbocycles. The zero-order valence-electron chi connectivity index (χ0n) is 13.7. The van der Waals surface area contributed by atoms with Crippen molar-refractivity contribution in [2.75, 3.05) is 5.32 Å². The van der Waals surface area contributed by atoms with E-state index in [0.29, 0.717) is 11.7 Å². The van der Waals surface area contributed by atoms with E-state index in [0.717, 1.165) is 16.5 Å². The number of fused-ring (bicyclic) bond motifs is 1. The molecule has 7 heteroatoms. The molecule has 0 radical (unpaired) electrons.